The lowest BCUT2D eigenvalue weighted by molar-refractivity contribution is 0.0302. The summed E-state index contributed by atoms with van der Waals surface area (Å²) < 4.78 is 11.4. The number of halogens is 1. The zero-order valence-electron chi connectivity index (χ0n) is 17.5. The molecule has 0 atom stereocenters. The van der Waals surface area contributed by atoms with Crippen LogP contribution in [0.3, 0.4) is 0 Å². The van der Waals surface area contributed by atoms with Gasteiger partial charge >= 0.3 is 0 Å². The molecule has 2 heterocycles. The van der Waals surface area contributed by atoms with Gasteiger partial charge in [-0.3, -0.25) is 14.6 Å². The molecule has 1 aliphatic heterocycles. The highest BCUT2D eigenvalue weighted by Crippen LogP contribution is 2.30. The molecular formula is C25H23ClN2O4. The largest absolute Gasteiger partial charge is 0.488 e. The highest BCUT2D eigenvalue weighted by atomic mass is 35.5. The molecule has 0 aliphatic carbocycles. The van der Waals surface area contributed by atoms with E-state index in [4.69, 9.17) is 21.1 Å². The van der Waals surface area contributed by atoms with Gasteiger partial charge in [-0.25, -0.2) is 0 Å². The van der Waals surface area contributed by atoms with Gasteiger partial charge in [0.05, 0.1) is 29.4 Å². The van der Waals surface area contributed by atoms with Crippen molar-refractivity contribution in [2.24, 2.45) is 0 Å². The number of Topliss-reactive ketones (excluding diaryl/α,β-unsaturated/α-hetero) is 1. The van der Waals surface area contributed by atoms with Crippen molar-refractivity contribution < 1.29 is 19.1 Å². The molecule has 2 aromatic carbocycles. The Kier molecular flexibility index (Phi) is 7.14. The molecule has 164 valence electrons. The Labute approximate surface area is 191 Å². The Morgan fingerprint density at radius 3 is 2.47 bits per heavy atom. The first-order valence-electron chi connectivity index (χ1n) is 10.4. The maximum absolute atomic E-state index is 13.1. The number of benzene rings is 2. The fourth-order valence-electron chi connectivity index (χ4n) is 3.51. The number of carbonyl (C=O) groups excluding carboxylic acids is 2. The fraction of sp³-hybridized carbons (Fsp3) is 0.240. The van der Waals surface area contributed by atoms with Crippen LogP contribution in [0.2, 0.25) is 5.02 Å². The number of rotatable bonds is 7. The zero-order valence-corrected chi connectivity index (χ0v) is 18.3. The normalized spacial score (nSPS) is 13.6. The summed E-state index contributed by atoms with van der Waals surface area (Å²) in [6.45, 7) is 2.24. The zero-order chi connectivity index (χ0) is 22.3. The van der Waals surface area contributed by atoms with Crippen molar-refractivity contribution in [1.82, 2.24) is 9.88 Å². The molecule has 1 aliphatic rings. The van der Waals surface area contributed by atoms with Crippen LogP contribution in [0.25, 0.3) is 0 Å². The molecule has 0 bridgehead atoms. The van der Waals surface area contributed by atoms with Gasteiger partial charge in [-0.1, -0.05) is 48.0 Å². The van der Waals surface area contributed by atoms with E-state index in [0.29, 0.717) is 43.2 Å². The maximum Gasteiger partial charge on any atom is 0.255 e. The van der Waals surface area contributed by atoms with Crippen LogP contribution >= 0.6 is 11.6 Å². The predicted molar refractivity (Wildman–Crippen MR) is 121 cm³/mol. The molecular weight excluding hydrogens is 428 g/mol. The number of hydrogen-bond acceptors (Lipinski definition) is 5. The predicted octanol–water partition coefficient (Wildman–Crippen LogP) is 4.21. The summed E-state index contributed by atoms with van der Waals surface area (Å²) in [5.41, 5.74) is 2.40. The number of hydrogen-bond donors (Lipinski definition) is 0. The van der Waals surface area contributed by atoms with Gasteiger partial charge in [0.25, 0.3) is 5.91 Å². The van der Waals surface area contributed by atoms with E-state index in [9.17, 15) is 9.59 Å². The first-order chi connectivity index (χ1) is 15.6. The van der Waals surface area contributed by atoms with Crippen molar-refractivity contribution in [3.63, 3.8) is 0 Å². The smallest absolute Gasteiger partial charge is 0.255 e. The summed E-state index contributed by atoms with van der Waals surface area (Å²) >= 11 is 6.48. The van der Waals surface area contributed by atoms with Crippen LogP contribution in [-0.4, -0.2) is 47.9 Å². The Bertz CT molecular complexity index is 1080. The van der Waals surface area contributed by atoms with Gasteiger partial charge < -0.3 is 14.4 Å². The standard InChI is InChI=1S/C25H23ClN2O4/c26-22-14-21(23(29)13-19-7-4-8-27-16-19)24(32-17-18-5-2-1-3-6-18)15-20(22)25(30)28-9-11-31-12-10-28/h1-8,14-16H,9-13,17H2. The van der Waals surface area contributed by atoms with E-state index in [0.717, 1.165) is 11.1 Å². The summed E-state index contributed by atoms with van der Waals surface area (Å²) in [5.74, 6) is -0.0220. The summed E-state index contributed by atoms with van der Waals surface area (Å²) in [5, 5.41) is 0.225. The molecule has 3 aromatic rings. The lowest BCUT2D eigenvalue weighted by atomic mass is 10.0. The molecule has 1 aromatic heterocycles. The second-order valence-corrected chi connectivity index (χ2v) is 7.88. The van der Waals surface area contributed by atoms with Crippen LogP contribution < -0.4 is 4.74 Å². The quantitative estimate of drug-likeness (QED) is 0.504. The lowest BCUT2D eigenvalue weighted by Crippen LogP contribution is -2.40. The van der Waals surface area contributed by atoms with Crippen molar-refractivity contribution in [2.45, 2.75) is 13.0 Å². The highest BCUT2D eigenvalue weighted by Gasteiger charge is 2.24. The number of carbonyl (C=O) groups is 2. The third kappa shape index (κ3) is 5.33. The molecule has 7 heteroatoms. The van der Waals surface area contributed by atoms with Crippen LogP contribution in [0, 0.1) is 0 Å². The van der Waals surface area contributed by atoms with Crippen LogP contribution in [0.15, 0.2) is 67.0 Å². The summed E-state index contributed by atoms with van der Waals surface area (Å²) in [6, 6.07) is 16.4. The minimum atomic E-state index is -0.200. The van der Waals surface area contributed by atoms with Crippen molar-refractivity contribution in [1.29, 1.82) is 0 Å². The molecule has 0 unspecified atom stereocenters. The number of ketones is 1. The van der Waals surface area contributed by atoms with Crippen molar-refractivity contribution in [3.8, 4) is 5.75 Å². The van der Waals surface area contributed by atoms with Crippen LogP contribution in [0.1, 0.15) is 31.8 Å². The average molecular weight is 451 g/mol. The Morgan fingerprint density at radius 1 is 1.00 bits per heavy atom. The van der Waals surface area contributed by atoms with Crippen molar-refractivity contribution in [3.05, 3.63) is 94.3 Å². The summed E-state index contributed by atoms with van der Waals surface area (Å²) in [4.78, 5) is 31.9. The van der Waals surface area contributed by atoms with E-state index in [-0.39, 0.29) is 29.7 Å². The van der Waals surface area contributed by atoms with E-state index in [1.54, 1.807) is 29.4 Å². The molecule has 0 saturated carbocycles. The van der Waals surface area contributed by atoms with Gasteiger partial charge in [-0.15, -0.1) is 0 Å². The minimum Gasteiger partial charge on any atom is -0.488 e. The van der Waals surface area contributed by atoms with E-state index in [2.05, 4.69) is 4.98 Å². The third-order valence-corrected chi connectivity index (χ3v) is 5.54. The average Bonchev–Trinajstić information content (AvgIpc) is 2.84. The monoisotopic (exact) mass is 450 g/mol. The number of nitrogens with zero attached hydrogens (tertiary/aromatic N) is 2. The molecule has 4 rings (SSSR count). The van der Waals surface area contributed by atoms with Gasteiger partial charge in [-0.05, 0) is 29.3 Å². The lowest BCUT2D eigenvalue weighted by Gasteiger charge is -2.27. The third-order valence-electron chi connectivity index (χ3n) is 5.22. The number of aromatic nitrogens is 1. The van der Waals surface area contributed by atoms with Crippen molar-refractivity contribution in [2.75, 3.05) is 26.3 Å². The SMILES string of the molecule is O=C(Cc1cccnc1)c1cc(Cl)c(C(=O)N2CCOCC2)cc1OCc1ccccc1. The molecule has 6 nitrogen and oxygen atoms in total. The van der Waals surface area contributed by atoms with E-state index in [1.165, 1.54) is 6.07 Å². The minimum absolute atomic E-state index is 0.155. The molecule has 0 spiro atoms. The molecule has 1 saturated heterocycles. The number of amides is 1. The molecule has 0 N–H and O–H groups in total. The second kappa shape index (κ2) is 10.4. The molecule has 1 fully saturated rings. The van der Waals surface area contributed by atoms with Crippen LogP contribution in [-0.2, 0) is 17.8 Å². The Balaban J connectivity index is 1.64. The van der Waals surface area contributed by atoms with Crippen molar-refractivity contribution >= 4 is 23.3 Å². The van der Waals surface area contributed by atoms with Gasteiger partial charge in [0.2, 0.25) is 0 Å². The first-order valence-corrected chi connectivity index (χ1v) is 10.8. The molecule has 0 radical (unpaired) electrons. The summed E-state index contributed by atoms with van der Waals surface area (Å²) in [6.07, 6.45) is 3.47. The second-order valence-electron chi connectivity index (χ2n) is 7.47. The van der Waals surface area contributed by atoms with Crippen LogP contribution in [0.5, 0.6) is 5.75 Å². The van der Waals surface area contributed by atoms with Gasteiger partial charge in [-0.2, -0.15) is 0 Å². The number of ether oxygens (including phenoxy) is 2. The molecule has 1 amide bonds. The van der Waals surface area contributed by atoms with E-state index < -0.39 is 0 Å². The fourth-order valence-corrected chi connectivity index (χ4v) is 3.75. The maximum atomic E-state index is 13.1. The first kappa shape index (κ1) is 22.0. The highest BCUT2D eigenvalue weighted by molar-refractivity contribution is 6.34. The topological polar surface area (TPSA) is 68.7 Å². The van der Waals surface area contributed by atoms with Crippen LogP contribution in [0.4, 0.5) is 0 Å². The number of pyridine rings is 1. The molecule has 32 heavy (non-hydrogen) atoms. The Morgan fingerprint density at radius 2 is 1.75 bits per heavy atom. The van der Waals surface area contributed by atoms with Gasteiger partial charge in [0.15, 0.2) is 5.78 Å². The van der Waals surface area contributed by atoms with E-state index in [1.807, 2.05) is 36.4 Å². The van der Waals surface area contributed by atoms with E-state index >= 15 is 0 Å². The summed E-state index contributed by atoms with van der Waals surface area (Å²) in [7, 11) is 0. The number of morpholine rings is 1. The van der Waals surface area contributed by atoms with Gasteiger partial charge in [0.1, 0.15) is 12.4 Å². The van der Waals surface area contributed by atoms with Gasteiger partial charge in [0, 0.05) is 31.9 Å². The Hall–Kier alpha value is -3.22.